The summed E-state index contributed by atoms with van der Waals surface area (Å²) in [5, 5.41) is 17.4. The monoisotopic (exact) mass is 364 g/mol. The van der Waals surface area contributed by atoms with Crippen LogP contribution in [0.3, 0.4) is 0 Å². The minimum Gasteiger partial charge on any atom is -0.379 e. The Morgan fingerprint density at radius 3 is 3.00 bits per heavy atom. The van der Waals surface area contributed by atoms with Crippen molar-refractivity contribution in [2.75, 3.05) is 32.9 Å². The third-order valence-corrected chi connectivity index (χ3v) is 4.03. The first-order valence-corrected chi connectivity index (χ1v) is 9.14. The fourth-order valence-electron chi connectivity index (χ4n) is 2.70. The molecule has 1 saturated heterocycles. The first-order valence-electron chi connectivity index (χ1n) is 9.14. The minimum absolute atomic E-state index is 0.0923. The fraction of sp³-hybridized carbons (Fsp3) is 0.611. The van der Waals surface area contributed by atoms with Crippen molar-refractivity contribution >= 4 is 11.6 Å². The van der Waals surface area contributed by atoms with Crippen molar-refractivity contribution in [3.8, 4) is 0 Å². The molecule has 1 unspecified atom stereocenters. The molecule has 26 heavy (non-hydrogen) atoms. The van der Waals surface area contributed by atoms with Crippen LogP contribution in [-0.2, 0) is 16.0 Å². The summed E-state index contributed by atoms with van der Waals surface area (Å²) in [4.78, 5) is 15.1. The quantitative estimate of drug-likeness (QED) is 0.217. The van der Waals surface area contributed by atoms with Gasteiger partial charge in [-0.1, -0.05) is 18.2 Å². The summed E-state index contributed by atoms with van der Waals surface area (Å²) < 4.78 is 11.1. The van der Waals surface area contributed by atoms with E-state index in [1.807, 2.05) is 6.92 Å². The second kappa shape index (κ2) is 11.4. The summed E-state index contributed by atoms with van der Waals surface area (Å²) in [6.07, 6.45) is 3.31. The summed E-state index contributed by atoms with van der Waals surface area (Å²) in [5.41, 5.74) is 0.684. The third kappa shape index (κ3) is 6.97. The van der Waals surface area contributed by atoms with Gasteiger partial charge in [-0.3, -0.25) is 10.1 Å². The summed E-state index contributed by atoms with van der Waals surface area (Å²) in [6, 6.07) is 6.66. The highest BCUT2D eigenvalue weighted by Crippen LogP contribution is 2.18. The number of benzene rings is 1. The summed E-state index contributed by atoms with van der Waals surface area (Å²) >= 11 is 0. The van der Waals surface area contributed by atoms with Crippen LogP contribution in [0.2, 0.25) is 0 Å². The minimum atomic E-state index is -0.378. The molecule has 0 aliphatic carbocycles. The van der Waals surface area contributed by atoms with Crippen molar-refractivity contribution in [1.29, 1.82) is 0 Å². The summed E-state index contributed by atoms with van der Waals surface area (Å²) in [5.74, 6) is 0.643. The predicted octanol–water partition coefficient (Wildman–Crippen LogP) is 2.24. The van der Waals surface area contributed by atoms with Gasteiger partial charge in [0.05, 0.1) is 29.7 Å². The molecule has 8 nitrogen and oxygen atoms in total. The van der Waals surface area contributed by atoms with Crippen molar-refractivity contribution in [1.82, 2.24) is 10.6 Å². The maximum Gasteiger partial charge on any atom is 0.274 e. The Morgan fingerprint density at radius 2 is 2.27 bits per heavy atom. The van der Waals surface area contributed by atoms with Gasteiger partial charge in [-0.05, 0) is 26.2 Å². The molecule has 1 aliphatic heterocycles. The van der Waals surface area contributed by atoms with E-state index in [9.17, 15) is 10.1 Å². The fourth-order valence-corrected chi connectivity index (χ4v) is 2.70. The van der Waals surface area contributed by atoms with Crippen molar-refractivity contribution < 1.29 is 14.4 Å². The average molecular weight is 364 g/mol. The first kappa shape index (κ1) is 20.1. The number of aliphatic imine (C=N–C) groups is 1. The predicted molar refractivity (Wildman–Crippen MR) is 100 cm³/mol. The zero-order chi connectivity index (χ0) is 18.6. The molecular weight excluding hydrogens is 336 g/mol. The Balaban J connectivity index is 1.73. The Bertz CT molecular complexity index is 588. The van der Waals surface area contributed by atoms with E-state index in [-0.39, 0.29) is 23.3 Å². The Labute approximate surface area is 154 Å². The molecule has 0 saturated carbocycles. The van der Waals surface area contributed by atoms with Gasteiger partial charge in [0.25, 0.3) is 5.69 Å². The van der Waals surface area contributed by atoms with Gasteiger partial charge in [-0.25, -0.2) is 4.99 Å². The van der Waals surface area contributed by atoms with E-state index in [4.69, 9.17) is 9.47 Å². The molecular formula is C18H28N4O4. The lowest BCUT2D eigenvalue weighted by Crippen LogP contribution is -2.38. The molecule has 0 radical (unpaired) electrons. The van der Waals surface area contributed by atoms with E-state index < -0.39 is 0 Å². The number of nitro groups is 1. The highest BCUT2D eigenvalue weighted by atomic mass is 16.6. The molecule has 144 valence electrons. The zero-order valence-electron chi connectivity index (χ0n) is 15.3. The highest BCUT2D eigenvalue weighted by molar-refractivity contribution is 5.79. The molecule has 2 N–H and O–H groups in total. The second-order valence-electron chi connectivity index (χ2n) is 6.07. The molecule has 0 bridgehead atoms. The van der Waals surface area contributed by atoms with Gasteiger partial charge < -0.3 is 20.1 Å². The van der Waals surface area contributed by atoms with Gasteiger partial charge in [0.15, 0.2) is 5.96 Å². The molecule has 1 atom stereocenters. The Hall–Kier alpha value is -2.19. The molecule has 1 fully saturated rings. The summed E-state index contributed by atoms with van der Waals surface area (Å²) in [6.45, 7) is 5.83. The van der Waals surface area contributed by atoms with E-state index in [0.717, 1.165) is 32.4 Å². The van der Waals surface area contributed by atoms with Crippen molar-refractivity contribution in [3.05, 3.63) is 39.9 Å². The van der Waals surface area contributed by atoms with Gasteiger partial charge >= 0.3 is 0 Å². The van der Waals surface area contributed by atoms with E-state index in [0.29, 0.717) is 31.3 Å². The maximum atomic E-state index is 11.1. The first-order chi connectivity index (χ1) is 12.7. The van der Waals surface area contributed by atoms with Gasteiger partial charge in [-0.2, -0.15) is 0 Å². The molecule has 1 aromatic rings. The number of nitrogens with one attached hydrogen (secondary N) is 2. The summed E-state index contributed by atoms with van der Waals surface area (Å²) in [7, 11) is 0. The van der Waals surface area contributed by atoms with Crippen LogP contribution in [0, 0.1) is 10.1 Å². The van der Waals surface area contributed by atoms with Crippen molar-refractivity contribution in [2.45, 2.75) is 38.8 Å². The van der Waals surface area contributed by atoms with Gasteiger partial charge in [0.1, 0.15) is 0 Å². The number of hydrogen-bond acceptors (Lipinski definition) is 5. The lowest BCUT2D eigenvalue weighted by atomic mass is 10.2. The SMILES string of the molecule is CCNC(=NCc1ccccc1[N+](=O)[O-])NCCCOCC1CCCO1. The number of nitrogens with zero attached hydrogens (tertiary/aromatic N) is 2. The zero-order valence-corrected chi connectivity index (χ0v) is 15.3. The van der Waals surface area contributed by atoms with Crippen LogP contribution in [-0.4, -0.2) is 49.9 Å². The average Bonchev–Trinajstić information content (AvgIpc) is 3.16. The largest absolute Gasteiger partial charge is 0.379 e. The van der Waals surface area contributed by atoms with Crippen LogP contribution < -0.4 is 10.6 Å². The van der Waals surface area contributed by atoms with Gasteiger partial charge in [0, 0.05) is 32.4 Å². The number of para-hydroxylation sites is 1. The van der Waals surface area contributed by atoms with Crippen LogP contribution in [0.25, 0.3) is 0 Å². The molecule has 1 aromatic carbocycles. The normalized spacial score (nSPS) is 17.3. The topological polar surface area (TPSA) is 98.0 Å². The number of hydrogen-bond donors (Lipinski definition) is 2. The maximum absolute atomic E-state index is 11.1. The number of nitro benzene ring substituents is 1. The molecule has 0 spiro atoms. The molecule has 0 amide bonds. The van der Waals surface area contributed by atoms with Gasteiger partial charge in [-0.15, -0.1) is 0 Å². The lowest BCUT2D eigenvalue weighted by Gasteiger charge is -2.12. The second-order valence-corrected chi connectivity index (χ2v) is 6.07. The standard InChI is InChI=1S/C18H28N4O4/c1-2-19-18(20-10-6-11-25-14-16-8-5-12-26-16)21-13-15-7-3-4-9-17(15)22(23)24/h3-4,7,9,16H,2,5-6,8,10-14H2,1H3,(H2,19,20,21). The lowest BCUT2D eigenvalue weighted by molar-refractivity contribution is -0.385. The third-order valence-electron chi connectivity index (χ3n) is 4.03. The van der Waals surface area contributed by atoms with E-state index in [1.165, 1.54) is 6.07 Å². The number of rotatable bonds is 10. The van der Waals surface area contributed by atoms with Crippen LogP contribution in [0.1, 0.15) is 31.7 Å². The van der Waals surface area contributed by atoms with E-state index in [2.05, 4.69) is 15.6 Å². The number of ether oxygens (including phenoxy) is 2. The highest BCUT2D eigenvalue weighted by Gasteiger charge is 2.15. The van der Waals surface area contributed by atoms with Crippen molar-refractivity contribution in [3.63, 3.8) is 0 Å². The molecule has 2 rings (SSSR count). The van der Waals surface area contributed by atoms with Crippen LogP contribution in [0.15, 0.2) is 29.3 Å². The van der Waals surface area contributed by atoms with E-state index in [1.54, 1.807) is 18.2 Å². The van der Waals surface area contributed by atoms with Crippen LogP contribution in [0.4, 0.5) is 5.69 Å². The molecule has 8 heteroatoms. The van der Waals surface area contributed by atoms with Gasteiger partial charge in [0.2, 0.25) is 0 Å². The van der Waals surface area contributed by atoms with Crippen molar-refractivity contribution in [2.24, 2.45) is 4.99 Å². The van der Waals surface area contributed by atoms with Crippen LogP contribution >= 0.6 is 0 Å². The molecule has 1 aliphatic rings. The van der Waals surface area contributed by atoms with E-state index >= 15 is 0 Å². The molecule has 0 aromatic heterocycles. The number of guanidine groups is 1. The smallest absolute Gasteiger partial charge is 0.274 e. The molecule has 1 heterocycles. The Kier molecular flexibility index (Phi) is 8.85. The van der Waals surface area contributed by atoms with Crippen LogP contribution in [0.5, 0.6) is 0 Å². The Morgan fingerprint density at radius 1 is 1.42 bits per heavy atom.